The molecule has 0 bridgehead atoms. The van der Waals surface area contributed by atoms with Gasteiger partial charge in [0.15, 0.2) is 0 Å². The number of rotatable bonds is 12. The molecule has 0 saturated heterocycles. The standard InChI is InChI=1S/C31H37N5O8S2/c1-9-35(10-2)28(39)22-16(5)20(30(41)43-7)26(45-22)33-24(37)18-14-13-15-19(32-18)25(38)34-27-21(31(42)44-8)17(6)23(46-27)29(40)36(11-3)12-4/h13-15H,9-12H2,1-8H3,(H,33,37)(H,34,38). The number of carbonyl (C=O) groups is 6. The zero-order valence-corrected chi connectivity index (χ0v) is 28.6. The van der Waals surface area contributed by atoms with Gasteiger partial charge in [-0.25, -0.2) is 14.6 Å². The number of anilines is 2. The lowest BCUT2D eigenvalue weighted by Crippen LogP contribution is -2.30. The first-order valence-electron chi connectivity index (χ1n) is 14.5. The minimum atomic E-state index is -0.739. The summed E-state index contributed by atoms with van der Waals surface area (Å²) < 4.78 is 9.82. The highest BCUT2D eigenvalue weighted by Crippen LogP contribution is 2.36. The Morgan fingerprint density at radius 1 is 0.674 bits per heavy atom. The van der Waals surface area contributed by atoms with E-state index in [4.69, 9.17) is 9.47 Å². The van der Waals surface area contributed by atoms with Gasteiger partial charge in [0.2, 0.25) is 0 Å². The molecule has 15 heteroatoms. The molecule has 246 valence electrons. The zero-order valence-electron chi connectivity index (χ0n) is 27.0. The maximum atomic E-state index is 13.3. The van der Waals surface area contributed by atoms with Gasteiger partial charge in [-0.1, -0.05) is 6.07 Å². The molecule has 3 rings (SSSR count). The number of hydrogen-bond acceptors (Lipinski definition) is 11. The Bertz CT molecular complexity index is 1550. The fraction of sp³-hybridized carbons (Fsp3) is 0.387. The van der Waals surface area contributed by atoms with Crippen molar-refractivity contribution in [1.29, 1.82) is 0 Å². The fourth-order valence-corrected chi connectivity index (χ4v) is 6.95. The van der Waals surface area contributed by atoms with Crippen LogP contribution in [0, 0.1) is 13.8 Å². The van der Waals surface area contributed by atoms with Crippen LogP contribution in [0.15, 0.2) is 18.2 Å². The zero-order chi connectivity index (χ0) is 34.3. The van der Waals surface area contributed by atoms with Crippen LogP contribution in [-0.2, 0) is 9.47 Å². The van der Waals surface area contributed by atoms with E-state index in [0.29, 0.717) is 37.3 Å². The maximum absolute atomic E-state index is 13.3. The summed E-state index contributed by atoms with van der Waals surface area (Å²) in [4.78, 5) is 86.1. The number of nitrogens with one attached hydrogen (secondary N) is 2. The summed E-state index contributed by atoms with van der Waals surface area (Å²) in [6, 6.07) is 4.20. The first-order chi connectivity index (χ1) is 21.9. The van der Waals surface area contributed by atoms with Crippen molar-refractivity contribution in [2.45, 2.75) is 41.5 Å². The van der Waals surface area contributed by atoms with Crippen LogP contribution in [0.4, 0.5) is 10.0 Å². The second-order valence-corrected chi connectivity index (χ2v) is 11.8. The number of ether oxygens (including phenoxy) is 2. The van der Waals surface area contributed by atoms with Gasteiger partial charge in [0, 0.05) is 26.2 Å². The van der Waals surface area contributed by atoms with Gasteiger partial charge in [-0.3, -0.25) is 19.2 Å². The third kappa shape index (κ3) is 7.26. The number of nitrogens with zero attached hydrogens (tertiary/aromatic N) is 3. The van der Waals surface area contributed by atoms with Crippen molar-refractivity contribution >= 4 is 68.2 Å². The Morgan fingerprint density at radius 2 is 1.02 bits per heavy atom. The quantitative estimate of drug-likeness (QED) is 0.256. The smallest absolute Gasteiger partial charge is 0.341 e. The largest absolute Gasteiger partial charge is 0.465 e. The topological polar surface area (TPSA) is 164 Å². The van der Waals surface area contributed by atoms with Crippen LogP contribution in [0.3, 0.4) is 0 Å². The van der Waals surface area contributed by atoms with Crippen LogP contribution < -0.4 is 10.6 Å². The molecule has 0 aromatic carbocycles. The molecule has 3 aromatic heterocycles. The molecule has 0 unspecified atom stereocenters. The Morgan fingerprint density at radius 3 is 1.33 bits per heavy atom. The number of methoxy groups -OCH3 is 2. The first kappa shape index (κ1) is 35.8. The molecule has 0 spiro atoms. The number of pyridine rings is 1. The lowest BCUT2D eigenvalue weighted by Gasteiger charge is -2.17. The molecule has 46 heavy (non-hydrogen) atoms. The van der Waals surface area contributed by atoms with Crippen molar-refractivity contribution in [2.75, 3.05) is 51.0 Å². The summed E-state index contributed by atoms with van der Waals surface area (Å²) in [7, 11) is 2.40. The lowest BCUT2D eigenvalue weighted by molar-refractivity contribution is 0.0592. The van der Waals surface area contributed by atoms with Crippen LogP contribution in [0.2, 0.25) is 0 Å². The van der Waals surface area contributed by atoms with E-state index in [0.717, 1.165) is 22.7 Å². The molecule has 0 atom stereocenters. The molecule has 0 fully saturated rings. The molecule has 0 aliphatic carbocycles. The number of hydrogen-bond donors (Lipinski definition) is 2. The molecule has 3 heterocycles. The number of amides is 4. The average molecular weight is 672 g/mol. The highest BCUT2D eigenvalue weighted by molar-refractivity contribution is 7.19. The molecule has 4 amide bonds. The third-order valence-corrected chi connectivity index (χ3v) is 9.62. The van der Waals surface area contributed by atoms with Crippen LogP contribution >= 0.6 is 22.7 Å². The van der Waals surface area contributed by atoms with Crippen molar-refractivity contribution in [1.82, 2.24) is 14.8 Å². The van der Waals surface area contributed by atoms with E-state index < -0.39 is 23.8 Å². The van der Waals surface area contributed by atoms with E-state index in [1.807, 2.05) is 27.7 Å². The van der Waals surface area contributed by atoms with Gasteiger partial charge in [0.1, 0.15) is 21.4 Å². The molecule has 13 nitrogen and oxygen atoms in total. The molecule has 0 radical (unpaired) electrons. The van der Waals surface area contributed by atoms with Gasteiger partial charge in [0.25, 0.3) is 23.6 Å². The molecule has 0 saturated carbocycles. The normalized spacial score (nSPS) is 10.6. The lowest BCUT2D eigenvalue weighted by atomic mass is 10.1. The van der Waals surface area contributed by atoms with Gasteiger partial charge < -0.3 is 29.9 Å². The van der Waals surface area contributed by atoms with Gasteiger partial charge in [-0.15, -0.1) is 22.7 Å². The van der Waals surface area contributed by atoms with Crippen molar-refractivity contribution in [3.63, 3.8) is 0 Å². The van der Waals surface area contributed by atoms with Gasteiger partial charge >= 0.3 is 11.9 Å². The predicted molar refractivity (Wildman–Crippen MR) is 175 cm³/mol. The van der Waals surface area contributed by atoms with Crippen molar-refractivity contribution in [3.05, 3.63) is 61.6 Å². The van der Waals surface area contributed by atoms with Crippen LogP contribution in [0.5, 0.6) is 0 Å². The predicted octanol–water partition coefficient (Wildman–Crippen LogP) is 4.86. The van der Waals surface area contributed by atoms with Gasteiger partial charge in [-0.2, -0.15) is 0 Å². The summed E-state index contributed by atoms with van der Waals surface area (Å²) in [5.41, 5.74) is 0.527. The number of aromatic nitrogens is 1. The van der Waals surface area contributed by atoms with Crippen molar-refractivity contribution < 1.29 is 38.2 Å². The molecule has 2 N–H and O–H groups in total. The molecular weight excluding hydrogens is 635 g/mol. The highest BCUT2D eigenvalue weighted by atomic mass is 32.1. The van der Waals surface area contributed by atoms with E-state index in [-0.39, 0.29) is 54.1 Å². The Labute approximate surface area is 274 Å². The van der Waals surface area contributed by atoms with E-state index in [1.165, 1.54) is 32.4 Å². The molecule has 3 aromatic rings. The maximum Gasteiger partial charge on any atom is 0.341 e. The Kier molecular flexibility index (Phi) is 12.1. The second kappa shape index (κ2) is 15.6. The summed E-state index contributed by atoms with van der Waals surface area (Å²) >= 11 is 1.89. The number of esters is 2. The fourth-order valence-electron chi connectivity index (χ4n) is 4.64. The van der Waals surface area contributed by atoms with Crippen molar-refractivity contribution in [3.8, 4) is 0 Å². The van der Waals surface area contributed by atoms with E-state index >= 15 is 0 Å². The Hall–Kier alpha value is -4.63. The summed E-state index contributed by atoms with van der Waals surface area (Å²) in [5.74, 6) is -3.50. The summed E-state index contributed by atoms with van der Waals surface area (Å²) in [6.07, 6.45) is 0. The molecule has 0 aliphatic rings. The Balaban J connectivity index is 1.94. The van der Waals surface area contributed by atoms with Crippen molar-refractivity contribution in [2.24, 2.45) is 0 Å². The summed E-state index contributed by atoms with van der Waals surface area (Å²) in [5, 5.41) is 5.48. The second-order valence-electron chi connectivity index (χ2n) is 9.77. The number of carbonyl (C=O) groups excluding carboxylic acids is 6. The highest BCUT2D eigenvalue weighted by Gasteiger charge is 2.30. The van der Waals surface area contributed by atoms with Crippen LogP contribution in [-0.4, -0.2) is 90.7 Å². The van der Waals surface area contributed by atoms with Crippen LogP contribution in [0.1, 0.15) is 99.9 Å². The van der Waals surface area contributed by atoms with E-state index in [2.05, 4.69) is 15.6 Å². The van der Waals surface area contributed by atoms with Gasteiger partial charge in [-0.05, 0) is 64.8 Å². The van der Waals surface area contributed by atoms with E-state index in [9.17, 15) is 28.8 Å². The minimum Gasteiger partial charge on any atom is -0.465 e. The SMILES string of the molecule is CCN(CC)C(=O)c1sc(NC(=O)c2cccc(C(=O)Nc3sc(C(=O)N(CC)CC)c(C)c3C(=O)OC)n2)c(C(=O)OC)c1C. The molecular formula is C31H37N5O8S2. The first-order valence-corrected chi connectivity index (χ1v) is 16.1. The minimum absolute atomic E-state index is 0.0451. The third-order valence-electron chi connectivity index (χ3n) is 7.23. The van der Waals surface area contributed by atoms with E-state index in [1.54, 1.807) is 23.6 Å². The average Bonchev–Trinajstić information content (AvgIpc) is 3.56. The molecule has 0 aliphatic heterocycles. The number of thiophene rings is 2. The monoisotopic (exact) mass is 671 g/mol. The van der Waals surface area contributed by atoms with Gasteiger partial charge in [0.05, 0.1) is 35.1 Å². The summed E-state index contributed by atoms with van der Waals surface area (Å²) in [6.45, 7) is 12.4. The van der Waals surface area contributed by atoms with Crippen LogP contribution in [0.25, 0.3) is 0 Å².